The highest BCUT2D eigenvalue weighted by molar-refractivity contribution is 7.90. The van der Waals surface area contributed by atoms with Crippen molar-refractivity contribution in [1.82, 2.24) is 5.32 Å². The third kappa shape index (κ3) is 6.41. The Kier molecular flexibility index (Phi) is 7.33. The standard InChI is InChI=1S/C21H25N3O5S/c1-13-11-19(20(30(4,27)28)12-18(13)21(26)24-14(2)22)29-17-7-5-16(6-8-17)9-10-23-15(3)25/h5-8,11-12H,9-10H2,1-4H3,(H,23,25)(H2,22,24,26). The quantitative estimate of drug-likeness (QED) is 0.512. The Morgan fingerprint density at radius 3 is 2.30 bits per heavy atom. The average molecular weight is 432 g/mol. The number of nitrogens with two attached hydrogens (primary N) is 1. The van der Waals surface area contributed by atoms with Crippen LogP contribution in [-0.4, -0.2) is 38.9 Å². The van der Waals surface area contributed by atoms with Crippen molar-refractivity contribution in [3.8, 4) is 11.5 Å². The molecule has 0 aliphatic rings. The zero-order chi connectivity index (χ0) is 22.5. The lowest BCUT2D eigenvalue weighted by Crippen LogP contribution is -2.22. The van der Waals surface area contributed by atoms with Crippen LogP contribution in [0.1, 0.15) is 35.3 Å². The van der Waals surface area contributed by atoms with E-state index in [0.29, 0.717) is 24.3 Å². The van der Waals surface area contributed by atoms with Crippen LogP contribution in [0.4, 0.5) is 0 Å². The van der Waals surface area contributed by atoms with Crippen LogP contribution >= 0.6 is 0 Å². The maximum absolute atomic E-state index is 12.3. The molecule has 0 radical (unpaired) electrons. The van der Waals surface area contributed by atoms with Gasteiger partial charge in [0.25, 0.3) is 5.91 Å². The van der Waals surface area contributed by atoms with Gasteiger partial charge in [-0.1, -0.05) is 12.1 Å². The van der Waals surface area contributed by atoms with E-state index in [-0.39, 0.29) is 28.0 Å². The van der Waals surface area contributed by atoms with Crippen LogP contribution in [0.2, 0.25) is 0 Å². The second-order valence-electron chi connectivity index (χ2n) is 6.92. The number of aryl methyl sites for hydroxylation is 1. The van der Waals surface area contributed by atoms with Crippen molar-refractivity contribution in [2.75, 3.05) is 12.8 Å². The van der Waals surface area contributed by atoms with Gasteiger partial charge >= 0.3 is 0 Å². The van der Waals surface area contributed by atoms with E-state index in [0.717, 1.165) is 11.8 Å². The molecule has 0 fully saturated rings. The maximum Gasteiger partial charge on any atom is 0.278 e. The van der Waals surface area contributed by atoms with Gasteiger partial charge in [-0.05, 0) is 55.7 Å². The van der Waals surface area contributed by atoms with Crippen LogP contribution in [0, 0.1) is 6.92 Å². The molecule has 0 aromatic heterocycles. The van der Waals surface area contributed by atoms with Crippen LogP contribution in [0.25, 0.3) is 0 Å². The van der Waals surface area contributed by atoms with Gasteiger partial charge in [-0.2, -0.15) is 4.99 Å². The second kappa shape index (κ2) is 9.53. The van der Waals surface area contributed by atoms with Crippen LogP contribution in [0.5, 0.6) is 11.5 Å². The summed E-state index contributed by atoms with van der Waals surface area (Å²) in [5, 5.41) is 2.72. The summed E-state index contributed by atoms with van der Waals surface area (Å²) >= 11 is 0. The molecule has 0 aliphatic carbocycles. The number of carbonyl (C=O) groups is 2. The number of rotatable bonds is 7. The van der Waals surface area contributed by atoms with Crippen molar-refractivity contribution in [1.29, 1.82) is 0 Å². The molecule has 160 valence electrons. The van der Waals surface area contributed by atoms with E-state index in [4.69, 9.17) is 10.5 Å². The summed E-state index contributed by atoms with van der Waals surface area (Å²) in [5.74, 6) is -0.0666. The number of hydrogen-bond donors (Lipinski definition) is 2. The Labute approximate surface area is 176 Å². The molecule has 9 heteroatoms. The molecule has 8 nitrogen and oxygen atoms in total. The summed E-state index contributed by atoms with van der Waals surface area (Å²) in [6.07, 6.45) is 1.70. The first-order chi connectivity index (χ1) is 14.0. The molecule has 3 N–H and O–H groups in total. The van der Waals surface area contributed by atoms with E-state index in [1.165, 1.54) is 26.0 Å². The minimum absolute atomic E-state index is 0.0826. The van der Waals surface area contributed by atoms with E-state index < -0.39 is 15.7 Å². The van der Waals surface area contributed by atoms with Gasteiger partial charge in [0.05, 0.1) is 0 Å². The van der Waals surface area contributed by atoms with Crippen LogP contribution in [0.15, 0.2) is 46.3 Å². The molecule has 2 aromatic carbocycles. The van der Waals surface area contributed by atoms with Gasteiger partial charge in [-0.3, -0.25) is 9.59 Å². The predicted octanol–water partition coefficient (Wildman–Crippen LogP) is 2.39. The van der Waals surface area contributed by atoms with E-state index in [2.05, 4.69) is 10.3 Å². The second-order valence-corrected chi connectivity index (χ2v) is 8.91. The lowest BCUT2D eigenvalue weighted by Gasteiger charge is -2.14. The number of amides is 2. The third-order valence-corrected chi connectivity index (χ3v) is 5.26. The molecular formula is C21H25N3O5S. The van der Waals surface area contributed by atoms with Crippen LogP contribution < -0.4 is 15.8 Å². The fourth-order valence-corrected chi connectivity index (χ4v) is 3.51. The number of benzene rings is 2. The zero-order valence-corrected chi connectivity index (χ0v) is 18.2. The number of amidine groups is 1. The Morgan fingerprint density at radius 1 is 1.13 bits per heavy atom. The topological polar surface area (TPSA) is 128 Å². The highest BCUT2D eigenvalue weighted by Gasteiger charge is 2.21. The Morgan fingerprint density at radius 2 is 1.77 bits per heavy atom. The minimum atomic E-state index is -3.68. The first kappa shape index (κ1) is 23.1. The molecule has 0 heterocycles. The summed E-state index contributed by atoms with van der Waals surface area (Å²) in [5.41, 5.74) is 7.10. The fourth-order valence-electron chi connectivity index (χ4n) is 2.72. The maximum atomic E-state index is 12.3. The zero-order valence-electron chi connectivity index (χ0n) is 17.4. The molecule has 0 saturated carbocycles. The fraction of sp³-hybridized carbons (Fsp3) is 0.286. The highest BCUT2D eigenvalue weighted by Crippen LogP contribution is 2.32. The molecule has 2 rings (SSSR count). The van der Waals surface area contributed by atoms with E-state index >= 15 is 0 Å². The van der Waals surface area contributed by atoms with Crippen LogP contribution in [-0.2, 0) is 21.1 Å². The number of nitrogens with one attached hydrogen (secondary N) is 1. The van der Waals surface area contributed by atoms with Gasteiger partial charge < -0.3 is 15.8 Å². The Hall–Kier alpha value is -3.20. The smallest absolute Gasteiger partial charge is 0.278 e. The average Bonchev–Trinajstić information content (AvgIpc) is 2.61. The minimum Gasteiger partial charge on any atom is -0.456 e. The highest BCUT2D eigenvalue weighted by atomic mass is 32.2. The summed E-state index contributed by atoms with van der Waals surface area (Å²) in [6, 6.07) is 9.85. The first-order valence-corrected chi connectivity index (χ1v) is 11.1. The number of ether oxygens (including phenoxy) is 1. The Balaban J connectivity index is 2.33. The molecule has 30 heavy (non-hydrogen) atoms. The monoisotopic (exact) mass is 431 g/mol. The first-order valence-electron chi connectivity index (χ1n) is 9.18. The number of aliphatic imine (C=N–C) groups is 1. The molecular weight excluding hydrogens is 406 g/mol. The van der Waals surface area contributed by atoms with Gasteiger partial charge in [-0.15, -0.1) is 0 Å². The lowest BCUT2D eigenvalue weighted by atomic mass is 10.1. The molecule has 0 aliphatic heterocycles. The van der Waals surface area contributed by atoms with Crippen molar-refractivity contribution in [2.24, 2.45) is 10.7 Å². The number of sulfone groups is 1. The predicted molar refractivity (Wildman–Crippen MR) is 115 cm³/mol. The molecule has 2 amide bonds. The van der Waals surface area contributed by atoms with Gasteiger partial charge in [-0.25, -0.2) is 8.42 Å². The number of hydrogen-bond acceptors (Lipinski definition) is 5. The van der Waals surface area contributed by atoms with E-state index in [1.54, 1.807) is 19.1 Å². The normalized spacial score (nSPS) is 11.8. The summed E-state index contributed by atoms with van der Waals surface area (Å²) < 4.78 is 30.4. The Bertz CT molecular complexity index is 1090. The van der Waals surface area contributed by atoms with Crippen LogP contribution in [0.3, 0.4) is 0 Å². The largest absolute Gasteiger partial charge is 0.456 e. The van der Waals surface area contributed by atoms with Crippen molar-refractivity contribution in [2.45, 2.75) is 32.1 Å². The lowest BCUT2D eigenvalue weighted by molar-refractivity contribution is -0.118. The molecule has 0 unspecified atom stereocenters. The van der Waals surface area contributed by atoms with Crippen molar-refractivity contribution in [3.63, 3.8) is 0 Å². The molecule has 2 aromatic rings. The number of carbonyl (C=O) groups excluding carboxylic acids is 2. The molecule has 0 atom stereocenters. The summed E-state index contributed by atoms with van der Waals surface area (Å²) in [7, 11) is -3.68. The SMILES string of the molecule is CC(=O)NCCc1ccc(Oc2cc(C)c(C(=O)N=C(C)N)cc2S(C)(=O)=O)cc1. The van der Waals surface area contributed by atoms with Gasteiger partial charge in [0.1, 0.15) is 22.2 Å². The van der Waals surface area contributed by atoms with Crippen molar-refractivity contribution in [3.05, 3.63) is 53.1 Å². The van der Waals surface area contributed by atoms with E-state index in [1.807, 2.05) is 12.1 Å². The molecule has 0 bridgehead atoms. The van der Waals surface area contributed by atoms with Gasteiger partial charge in [0.15, 0.2) is 9.84 Å². The summed E-state index contributed by atoms with van der Waals surface area (Å²) in [6.45, 7) is 5.12. The van der Waals surface area contributed by atoms with Gasteiger partial charge in [0, 0.05) is 25.3 Å². The molecule has 0 spiro atoms. The third-order valence-electron chi connectivity index (χ3n) is 4.14. The molecule has 0 saturated heterocycles. The summed E-state index contributed by atoms with van der Waals surface area (Å²) in [4.78, 5) is 26.8. The van der Waals surface area contributed by atoms with Crippen molar-refractivity contribution < 1.29 is 22.7 Å². The van der Waals surface area contributed by atoms with Gasteiger partial charge in [0.2, 0.25) is 5.91 Å². The van der Waals surface area contributed by atoms with Crippen molar-refractivity contribution >= 4 is 27.5 Å². The van der Waals surface area contributed by atoms with E-state index in [9.17, 15) is 18.0 Å². The number of nitrogens with zero attached hydrogens (tertiary/aromatic N) is 1.